The highest BCUT2D eigenvalue weighted by Crippen LogP contribution is 2.39. The van der Waals surface area contributed by atoms with Crippen molar-refractivity contribution in [3.05, 3.63) is 84.0 Å². The van der Waals surface area contributed by atoms with E-state index in [0.717, 1.165) is 5.56 Å². The van der Waals surface area contributed by atoms with Gasteiger partial charge in [-0.3, -0.25) is 9.59 Å². The maximum Gasteiger partial charge on any atom is 0.295 e. The lowest BCUT2D eigenvalue weighted by Gasteiger charge is -2.24. The summed E-state index contributed by atoms with van der Waals surface area (Å²) in [5.74, 6) is -0.793. The molecule has 3 rings (SSSR count). The molecule has 0 bridgehead atoms. The van der Waals surface area contributed by atoms with Crippen molar-refractivity contribution in [2.75, 3.05) is 13.2 Å². The molecular weight excluding hydrogens is 354 g/mol. The van der Waals surface area contributed by atoms with Gasteiger partial charge in [-0.25, -0.2) is 0 Å². The van der Waals surface area contributed by atoms with Crippen LogP contribution in [0.2, 0.25) is 0 Å². The van der Waals surface area contributed by atoms with Crippen LogP contribution in [0.5, 0.6) is 5.75 Å². The molecule has 1 aliphatic rings. The number of ether oxygens (including phenoxy) is 1. The summed E-state index contributed by atoms with van der Waals surface area (Å²) in [6.45, 7) is 6.37. The second-order valence-electron chi connectivity index (χ2n) is 6.53. The first-order chi connectivity index (χ1) is 13.6. The number of hydrogen-bond donors (Lipinski definition) is 1. The van der Waals surface area contributed by atoms with Gasteiger partial charge < -0.3 is 14.7 Å². The minimum Gasteiger partial charge on any atom is -0.507 e. The van der Waals surface area contributed by atoms with Gasteiger partial charge in [0.2, 0.25) is 0 Å². The molecular formula is C23H23NO4. The van der Waals surface area contributed by atoms with Crippen LogP contribution in [0.4, 0.5) is 0 Å². The van der Waals surface area contributed by atoms with E-state index < -0.39 is 17.7 Å². The highest BCUT2D eigenvalue weighted by atomic mass is 16.5. The largest absolute Gasteiger partial charge is 0.507 e. The number of rotatable bonds is 7. The number of nitrogens with zero attached hydrogens (tertiary/aromatic N) is 1. The molecule has 1 aliphatic heterocycles. The first-order valence-corrected chi connectivity index (χ1v) is 9.26. The third-order valence-electron chi connectivity index (χ3n) is 4.62. The summed E-state index contributed by atoms with van der Waals surface area (Å²) in [6, 6.07) is 15.5. The van der Waals surface area contributed by atoms with Gasteiger partial charge in [0.25, 0.3) is 11.7 Å². The average molecular weight is 377 g/mol. The molecule has 1 fully saturated rings. The zero-order valence-corrected chi connectivity index (χ0v) is 15.8. The molecule has 5 nitrogen and oxygen atoms in total. The Kier molecular flexibility index (Phi) is 5.94. The van der Waals surface area contributed by atoms with Crippen molar-refractivity contribution in [2.24, 2.45) is 0 Å². The SMILES string of the molecule is C=CCOc1ccc(/C(O)=C2/C(=O)C(=O)N(CCC)C2c2ccccc2)cc1. The Bertz CT molecular complexity index is 900. The Morgan fingerprint density at radius 3 is 2.43 bits per heavy atom. The fourth-order valence-corrected chi connectivity index (χ4v) is 3.35. The van der Waals surface area contributed by atoms with Gasteiger partial charge in [-0.1, -0.05) is 49.9 Å². The fourth-order valence-electron chi connectivity index (χ4n) is 3.35. The molecule has 1 saturated heterocycles. The fraction of sp³-hybridized carbons (Fsp3) is 0.217. The summed E-state index contributed by atoms with van der Waals surface area (Å²) < 4.78 is 5.45. The quantitative estimate of drug-likeness (QED) is 0.342. The Morgan fingerprint density at radius 1 is 1.14 bits per heavy atom. The van der Waals surface area contributed by atoms with Crippen LogP contribution in [-0.4, -0.2) is 34.8 Å². The minimum absolute atomic E-state index is 0.115. The second kappa shape index (κ2) is 8.57. The summed E-state index contributed by atoms with van der Waals surface area (Å²) in [6.07, 6.45) is 2.36. The molecule has 5 heteroatoms. The number of carbonyl (C=O) groups excluding carboxylic acids is 2. The standard InChI is InChI=1S/C23H23NO4/c1-3-14-24-20(16-8-6-5-7-9-16)19(22(26)23(24)27)21(25)17-10-12-18(13-11-17)28-15-4-2/h4-13,20,25H,2-3,14-15H2,1H3/b21-19-. The zero-order chi connectivity index (χ0) is 20.1. The normalized spacial score (nSPS) is 18.3. The molecule has 2 aromatic rings. The van der Waals surface area contributed by atoms with Gasteiger partial charge in [0.05, 0.1) is 11.6 Å². The van der Waals surface area contributed by atoms with E-state index in [4.69, 9.17) is 4.74 Å². The second-order valence-corrected chi connectivity index (χ2v) is 6.53. The lowest BCUT2D eigenvalue weighted by Crippen LogP contribution is -2.30. The van der Waals surface area contributed by atoms with Gasteiger partial charge in [0.15, 0.2) is 0 Å². The minimum atomic E-state index is -0.660. The Morgan fingerprint density at radius 2 is 1.82 bits per heavy atom. The van der Waals surface area contributed by atoms with Crippen LogP contribution in [0.1, 0.15) is 30.5 Å². The van der Waals surface area contributed by atoms with Crippen LogP contribution in [0, 0.1) is 0 Å². The van der Waals surface area contributed by atoms with E-state index in [1.165, 1.54) is 4.90 Å². The van der Waals surface area contributed by atoms with Crippen LogP contribution in [-0.2, 0) is 9.59 Å². The number of amides is 1. The van der Waals surface area contributed by atoms with Crippen molar-refractivity contribution in [2.45, 2.75) is 19.4 Å². The van der Waals surface area contributed by atoms with Crippen molar-refractivity contribution >= 4 is 17.4 Å². The molecule has 28 heavy (non-hydrogen) atoms. The monoisotopic (exact) mass is 377 g/mol. The molecule has 0 saturated carbocycles. The zero-order valence-electron chi connectivity index (χ0n) is 15.8. The molecule has 1 atom stereocenters. The van der Waals surface area contributed by atoms with E-state index in [9.17, 15) is 14.7 Å². The van der Waals surface area contributed by atoms with E-state index in [2.05, 4.69) is 6.58 Å². The molecule has 1 heterocycles. The lowest BCUT2D eigenvalue weighted by atomic mass is 9.95. The van der Waals surface area contributed by atoms with Gasteiger partial charge in [0.1, 0.15) is 18.1 Å². The Labute approximate surface area is 164 Å². The number of ketones is 1. The van der Waals surface area contributed by atoms with Gasteiger partial charge in [-0.05, 0) is 36.2 Å². The van der Waals surface area contributed by atoms with Crippen molar-refractivity contribution in [3.8, 4) is 5.75 Å². The molecule has 1 amide bonds. The maximum absolute atomic E-state index is 12.8. The van der Waals surface area contributed by atoms with Gasteiger partial charge >= 0.3 is 0 Å². The van der Waals surface area contributed by atoms with Crippen molar-refractivity contribution in [3.63, 3.8) is 0 Å². The molecule has 0 aromatic heterocycles. The summed E-state index contributed by atoms with van der Waals surface area (Å²) in [5, 5.41) is 10.9. The number of aliphatic hydroxyl groups excluding tert-OH is 1. The van der Waals surface area contributed by atoms with E-state index in [1.807, 2.05) is 37.3 Å². The lowest BCUT2D eigenvalue weighted by molar-refractivity contribution is -0.139. The van der Waals surface area contributed by atoms with Crippen LogP contribution >= 0.6 is 0 Å². The highest BCUT2D eigenvalue weighted by Gasteiger charge is 2.45. The van der Waals surface area contributed by atoms with Crippen LogP contribution in [0.15, 0.2) is 72.8 Å². The van der Waals surface area contributed by atoms with E-state index in [-0.39, 0.29) is 11.3 Å². The molecule has 0 radical (unpaired) electrons. The first kappa shape index (κ1) is 19.4. The third kappa shape index (κ3) is 3.69. The molecule has 1 N–H and O–H groups in total. The Balaban J connectivity index is 2.06. The van der Waals surface area contributed by atoms with Gasteiger partial charge in [-0.15, -0.1) is 0 Å². The Hall–Kier alpha value is -3.34. The number of carbonyl (C=O) groups is 2. The smallest absolute Gasteiger partial charge is 0.295 e. The molecule has 144 valence electrons. The number of aliphatic hydroxyl groups is 1. The van der Waals surface area contributed by atoms with Gasteiger partial charge in [0, 0.05) is 12.1 Å². The van der Waals surface area contributed by atoms with Crippen molar-refractivity contribution in [1.82, 2.24) is 4.90 Å². The summed E-state index contributed by atoms with van der Waals surface area (Å²) in [7, 11) is 0. The average Bonchev–Trinajstić information content (AvgIpc) is 2.98. The first-order valence-electron chi connectivity index (χ1n) is 9.26. The van der Waals surface area contributed by atoms with Crippen LogP contribution in [0.3, 0.4) is 0 Å². The van der Waals surface area contributed by atoms with Crippen molar-refractivity contribution in [1.29, 1.82) is 0 Å². The van der Waals surface area contributed by atoms with Crippen LogP contribution < -0.4 is 4.74 Å². The van der Waals surface area contributed by atoms with E-state index in [1.54, 1.807) is 30.3 Å². The van der Waals surface area contributed by atoms with E-state index in [0.29, 0.717) is 30.9 Å². The molecule has 1 unspecified atom stereocenters. The number of benzene rings is 2. The number of Topliss-reactive ketones (excluding diaryl/α,β-unsaturated/α-hetero) is 1. The highest BCUT2D eigenvalue weighted by molar-refractivity contribution is 6.46. The molecule has 0 spiro atoms. The molecule has 2 aromatic carbocycles. The van der Waals surface area contributed by atoms with Crippen LogP contribution in [0.25, 0.3) is 5.76 Å². The number of likely N-dealkylation sites (tertiary alicyclic amines) is 1. The number of hydrogen-bond acceptors (Lipinski definition) is 4. The summed E-state index contributed by atoms with van der Waals surface area (Å²) in [5.41, 5.74) is 1.37. The van der Waals surface area contributed by atoms with E-state index >= 15 is 0 Å². The topological polar surface area (TPSA) is 66.8 Å². The molecule has 0 aliphatic carbocycles. The maximum atomic E-state index is 12.8. The third-order valence-corrected chi connectivity index (χ3v) is 4.62. The summed E-state index contributed by atoms with van der Waals surface area (Å²) >= 11 is 0. The van der Waals surface area contributed by atoms with Crippen molar-refractivity contribution < 1.29 is 19.4 Å². The summed E-state index contributed by atoms with van der Waals surface area (Å²) in [4.78, 5) is 26.9. The van der Waals surface area contributed by atoms with Gasteiger partial charge in [-0.2, -0.15) is 0 Å². The predicted octanol–water partition coefficient (Wildman–Crippen LogP) is 4.08. The predicted molar refractivity (Wildman–Crippen MR) is 108 cm³/mol.